The number of rotatable bonds is 3. The molecule has 8 heteroatoms. The number of β-amino-alcohol motifs (C(OH)–C–C–N with tert-alkyl or cyclic N) is 1. The van der Waals surface area contributed by atoms with Crippen LogP contribution in [0.2, 0.25) is 0 Å². The van der Waals surface area contributed by atoms with Crippen molar-refractivity contribution >= 4 is 10.0 Å². The van der Waals surface area contributed by atoms with Crippen LogP contribution in [0.1, 0.15) is 25.0 Å². The van der Waals surface area contributed by atoms with Crippen LogP contribution >= 0.6 is 0 Å². The molecule has 22 heavy (non-hydrogen) atoms. The van der Waals surface area contributed by atoms with Crippen molar-refractivity contribution in [1.82, 2.24) is 19.2 Å². The molecule has 1 aromatic heterocycles. The van der Waals surface area contributed by atoms with Crippen molar-refractivity contribution in [3.8, 4) is 0 Å². The molecule has 1 aromatic rings. The third kappa shape index (κ3) is 2.88. The topological polar surface area (TPSA) is 86.6 Å². The van der Waals surface area contributed by atoms with Crippen molar-refractivity contribution in [1.29, 1.82) is 0 Å². The van der Waals surface area contributed by atoms with Gasteiger partial charge in [-0.25, -0.2) is 8.42 Å². The van der Waals surface area contributed by atoms with Crippen molar-refractivity contribution in [2.45, 2.75) is 37.5 Å². The average Bonchev–Trinajstić information content (AvgIpc) is 2.89. The van der Waals surface area contributed by atoms with Gasteiger partial charge in [-0.05, 0) is 19.3 Å². The minimum atomic E-state index is -3.29. The number of aromatic nitrogens is 2. The molecular formula is C14H22N4O3S. The van der Waals surface area contributed by atoms with Crippen molar-refractivity contribution in [2.75, 3.05) is 25.9 Å². The van der Waals surface area contributed by atoms with Gasteiger partial charge in [-0.3, -0.25) is 14.9 Å². The smallest absolute Gasteiger partial charge is 0.211 e. The van der Waals surface area contributed by atoms with Crippen LogP contribution in [0.15, 0.2) is 18.6 Å². The summed E-state index contributed by atoms with van der Waals surface area (Å²) in [6.07, 6.45) is 7.77. The summed E-state index contributed by atoms with van der Waals surface area (Å²) in [5, 5.41) is 10.7. The Hall–Kier alpha value is -1.09. The number of aliphatic hydroxyl groups is 1. The predicted octanol–water partition coefficient (Wildman–Crippen LogP) is -0.163. The number of nitrogens with zero attached hydrogens (tertiary/aromatic N) is 4. The van der Waals surface area contributed by atoms with Crippen molar-refractivity contribution in [2.24, 2.45) is 0 Å². The predicted molar refractivity (Wildman–Crippen MR) is 81.4 cm³/mol. The molecule has 2 aliphatic heterocycles. The van der Waals surface area contributed by atoms with E-state index in [2.05, 4.69) is 14.9 Å². The first kappa shape index (κ1) is 15.8. The molecule has 122 valence electrons. The highest BCUT2D eigenvalue weighted by molar-refractivity contribution is 7.88. The number of piperidine rings is 1. The minimum Gasteiger partial charge on any atom is -0.390 e. The highest BCUT2D eigenvalue weighted by Crippen LogP contribution is 2.40. The van der Waals surface area contributed by atoms with Crippen LogP contribution in [0.3, 0.4) is 0 Å². The molecule has 0 radical (unpaired) electrons. The van der Waals surface area contributed by atoms with Crippen LogP contribution in [0.4, 0.5) is 0 Å². The van der Waals surface area contributed by atoms with Crippen LogP contribution in [0.25, 0.3) is 0 Å². The lowest BCUT2D eigenvalue weighted by Crippen LogP contribution is -2.62. The molecule has 0 aliphatic carbocycles. The van der Waals surface area contributed by atoms with Gasteiger partial charge < -0.3 is 5.11 Å². The van der Waals surface area contributed by atoms with Crippen molar-refractivity contribution in [3.05, 3.63) is 24.3 Å². The molecule has 1 N–H and O–H groups in total. The maximum atomic E-state index is 12.0. The fraction of sp³-hybridized carbons (Fsp3) is 0.714. The van der Waals surface area contributed by atoms with Crippen LogP contribution in [-0.4, -0.2) is 70.2 Å². The van der Waals surface area contributed by atoms with Crippen LogP contribution in [-0.2, 0) is 16.6 Å². The molecule has 7 nitrogen and oxygen atoms in total. The van der Waals surface area contributed by atoms with Gasteiger partial charge in [0.2, 0.25) is 10.0 Å². The second-order valence-electron chi connectivity index (χ2n) is 6.24. The zero-order chi connectivity index (χ0) is 15.8. The highest BCUT2D eigenvalue weighted by atomic mass is 32.2. The Kier molecular flexibility index (Phi) is 4.19. The molecule has 2 atom stereocenters. The van der Waals surface area contributed by atoms with Gasteiger partial charge in [0.1, 0.15) is 0 Å². The maximum absolute atomic E-state index is 12.0. The SMILES string of the molecule is CS(=O)(=O)N1CCC[C@@]12CCN(Cc1cnccn1)C[C@@H]2O. The first-order valence-electron chi connectivity index (χ1n) is 7.55. The summed E-state index contributed by atoms with van der Waals surface area (Å²) in [6, 6.07) is 0. The van der Waals surface area contributed by atoms with Crippen LogP contribution in [0.5, 0.6) is 0 Å². The Balaban J connectivity index is 1.72. The number of sulfonamides is 1. The van der Waals surface area contributed by atoms with E-state index in [-0.39, 0.29) is 0 Å². The molecule has 0 saturated carbocycles. The van der Waals surface area contributed by atoms with E-state index in [9.17, 15) is 13.5 Å². The van der Waals surface area contributed by atoms with E-state index in [0.717, 1.165) is 25.1 Å². The summed E-state index contributed by atoms with van der Waals surface area (Å²) in [5.41, 5.74) is 0.240. The van der Waals surface area contributed by atoms with Gasteiger partial charge >= 0.3 is 0 Å². The lowest BCUT2D eigenvalue weighted by molar-refractivity contribution is -0.0383. The van der Waals surface area contributed by atoms with E-state index >= 15 is 0 Å². The van der Waals surface area contributed by atoms with E-state index in [0.29, 0.717) is 26.1 Å². The quantitative estimate of drug-likeness (QED) is 0.830. The zero-order valence-corrected chi connectivity index (χ0v) is 13.5. The molecule has 0 bridgehead atoms. The second-order valence-corrected chi connectivity index (χ2v) is 8.15. The first-order chi connectivity index (χ1) is 10.4. The fourth-order valence-electron chi connectivity index (χ4n) is 3.76. The second kappa shape index (κ2) is 5.84. The monoisotopic (exact) mass is 326 g/mol. The van der Waals surface area contributed by atoms with E-state index in [1.807, 2.05) is 0 Å². The van der Waals surface area contributed by atoms with E-state index in [1.54, 1.807) is 18.6 Å². The van der Waals surface area contributed by atoms with Gasteiger partial charge in [0.15, 0.2) is 0 Å². The van der Waals surface area contributed by atoms with Gasteiger partial charge in [-0.15, -0.1) is 0 Å². The molecule has 1 spiro atoms. The Morgan fingerprint density at radius 1 is 1.36 bits per heavy atom. The molecule has 2 fully saturated rings. The third-order valence-corrected chi connectivity index (χ3v) is 6.13. The summed E-state index contributed by atoms with van der Waals surface area (Å²) >= 11 is 0. The van der Waals surface area contributed by atoms with Crippen LogP contribution in [0, 0.1) is 0 Å². The number of hydrogen-bond acceptors (Lipinski definition) is 6. The molecule has 2 saturated heterocycles. The summed E-state index contributed by atoms with van der Waals surface area (Å²) in [5.74, 6) is 0. The Morgan fingerprint density at radius 2 is 2.18 bits per heavy atom. The normalized spacial score (nSPS) is 30.9. The number of hydrogen-bond donors (Lipinski definition) is 1. The van der Waals surface area contributed by atoms with Gasteiger partial charge in [0.05, 0.1) is 23.6 Å². The summed E-state index contributed by atoms with van der Waals surface area (Å²) in [7, 11) is -3.29. The third-order valence-electron chi connectivity index (χ3n) is 4.78. The molecule has 0 unspecified atom stereocenters. The Labute approximate surface area is 131 Å². The zero-order valence-electron chi connectivity index (χ0n) is 12.7. The van der Waals surface area contributed by atoms with Gasteiger partial charge in [0, 0.05) is 44.8 Å². The minimum absolute atomic E-state index is 0.461. The summed E-state index contributed by atoms with van der Waals surface area (Å²) in [4.78, 5) is 10.4. The molecule has 3 rings (SSSR count). The Bertz CT molecular complexity index is 624. The van der Waals surface area contributed by atoms with E-state index in [4.69, 9.17) is 0 Å². The summed E-state index contributed by atoms with van der Waals surface area (Å²) in [6.45, 7) is 2.35. The largest absolute Gasteiger partial charge is 0.390 e. The molecule has 3 heterocycles. The number of likely N-dealkylation sites (tertiary alicyclic amines) is 1. The number of aliphatic hydroxyl groups excluding tert-OH is 1. The standard InChI is InChI=1S/C14H22N4O3S/c1-22(20,21)18-7-2-3-14(18)4-8-17(11-13(14)19)10-12-9-15-5-6-16-12/h5-6,9,13,19H,2-4,7-8,10-11H2,1H3/t13-,14-/m0/s1. The van der Waals surface area contributed by atoms with Gasteiger partial charge in [-0.1, -0.05) is 0 Å². The van der Waals surface area contributed by atoms with Gasteiger partial charge in [-0.2, -0.15) is 4.31 Å². The molecule has 0 amide bonds. The molecular weight excluding hydrogens is 304 g/mol. The Morgan fingerprint density at radius 3 is 2.82 bits per heavy atom. The molecule has 0 aromatic carbocycles. The average molecular weight is 326 g/mol. The maximum Gasteiger partial charge on any atom is 0.211 e. The lowest BCUT2D eigenvalue weighted by atomic mass is 9.83. The van der Waals surface area contributed by atoms with Crippen molar-refractivity contribution < 1.29 is 13.5 Å². The van der Waals surface area contributed by atoms with Crippen molar-refractivity contribution in [3.63, 3.8) is 0 Å². The first-order valence-corrected chi connectivity index (χ1v) is 9.40. The summed E-state index contributed by atoms with van der Waals surface area (Å²) < 4.78 is 25.5. The van der Waals surface area contributed by atoms with Gasteiger partial charge in [0.25, 0.3) is 0 Å². The molecule has 2 aliphatic rings. The van der Waals surface area contributed by atoms with Crippen LogP contribution < -0.4 is 0 Å². The highest BCUT2D eigenvalue weighted by Gasteiger charge is 2.52. The fourth-order valence-corrected chi connectivity index (χ4v) is 5.19. The lowest BCUT2D eigenvalue weighted by Gasteiger charge is -2.47. The van der Waals surface area contributed by atoms with E-state index < -0.39 is 21.7 Å². The van der Waals surface area contributed by atoms with E-state index in [1.165, 1.54) is 10.6 Å².